The zero-order valence-electron chi connectivity index (χ0n) is 37.2. The van der Waals surface area contributed by atoms with Gasteiger partial charge in [0.2, 0.25) is 0 Å². The molecule has 0 aliphatic carbocycles. The third-order valence-electron chi connectivity index (χ3n) is 5.71. The van der Waals surface area contributed by atoms with Gasteiger partial charge in [0.25, 0.3) is 0 Å². The van der Waals surface area contributed by atoms with Crippen LogP contribution in [0.1, 0.15) is 132 Å². The van der Waals surface area contributed by atoms with Crippen molar-refractivity contribution >= 4 is 43.2 Å². The second-order valence-corrected chi connectivity index (χ2v) is 17.7. The molecular formula is C44H90N2O4S4. The normalized spacial score (nSPS) is 9.24. The molecule has 10 heteroatoms. The predicted molar refractivity (Wildman–Crippen MR) is 260 cm³/mol. The molecule has 0 aromatic rings. The van der Waals surface area contributed by atoms with Crippen molar-refractivity contribution in [2.75, 3.05) is 50.2 Å². The number of hydrogen-bond acceptors (Lipinski definition) is 8. The number of hydrogen-bond donors (Lipinski definition) is 0. The Balaban J connectivity index is -0.0000000752. The fourth-order valence-electron chi connectivity index (χ4n) is 3.00. The first-order chi connectivity index (χ1) is 25.5. The molecule has 0 fully saturated rings. The van der Waals surface area contributed by atoms with Crippen molar-refractivity contribution in [2.45, 2.75) is 132 Å². The molecule has 0 aliphatic heterocycles. The number of nitrogens with zero attached hydrogens (tertiary/aromatic N) is 2. The van der Waals surface area contributed by atoms with Crippen molar-refractivity contribution in [1.82, 2.24) is 9.80 Å². The molecule has 0 radical (unpaired) electrons. The molecule has 0 saturated heterocycles. The quantitative estimate of drug-likeness (QED) is 0.0703. The lowest BCUT2D eigenvalue weighted by Gasteiger charge is -2.12. The molecule has 0 spiro atoms. The molecule has 0 aromatic carbocycles. The Hall–Kier alpha value is -1.72. The monoisotopic (exact) mass is 839 g/mol. The molecule has 0 heterocycles. The van der Waals surface area contributed by atoms with Crippen LogP contribution in [0.5, 0.6) is 0 Å². The van der Waals surface area contributed by atoms with Gasteiger partial charge in [-0.1, -0.05) is 139 Å². The van der Waals surface area contributed by atoms with Crippen LogP contribution in [0.3, 0.4) is 0 Å². The van der Waals surface area contributed by atoms with Gasteiger partial charge < -0.3 is 9.80 Å². The van der Waals surface area contributed by atoms with E-state index in [1.807, 2.05) is 33.0 Å². The molecule has 0 N–H and O–H groups in total. The highest BCUT2D eigenvalue weighted by Crippen LogP contribution is 2.02. The first-order valence-corrected chi connectivity index (χ1v) is 25.1. The van der Waals surface area contributed by atoms with Gasteiger partial charge in [0, 0.05) is 29.4 Å². The largest absolute Gasteiger partial charge is 0.358 e. The van der Waals surface area contributed by atoms with Crippen molar-refractivity contribution < 1.29 is 16.8 Å². The Morgan fingerprint density at radius 2 is 0.889 bits per heavy atom. The molecule has 54 heavy (non-hydrogen) atoms. The maximum Gasteiger partial charge on any atom is 0.191 e. The van der Waals surface area contributed by atoms with Gasteiger partial charge >= 0.3 is 0 Å². The van der Waals surface area contributed by atoms with Gasteiger partial charge in [-0.2, -0.15) is 11.8 Å². The molecular weight excluding hydrogens is 749 g/mol. The molecule has 0 amide bonds. The summed E-state index contributed by atoms with van der Waals surface area (Å²) in [4.78, 5) is 4.14. The minimum Gasteiger partial charge on any atom is -0.358 e. The van der Waals surface area contributed by atoms with E-state index in [9.17, 15) is 16.8 Å². The molecule has 0 atom stereocenters. The third-order valence-corrected chi connectivity index (χ3v) is 10.5. The van der Waals surface area contributed by atoms with Crippen LogP contribution in [-0.4, -0.2) is 76.8 Å². The van der Waals surface area contributed by atoms with Gasteiger partial charge in [-0.25, -0.2) is 16.8 Å². The summed E-state index contributed by atoms with van der Waals surface area (Å²) in [6, 6.07) is 0. The standard InChI is InChI=1S/C7H17N.C7H16.C6H14O2S.C6H14S.C5H9N.C5H8.C4H6O2S.C4H6S/c1-4-6-8(3)7-5-2;1-3-5-7-6-4-2;1-3-5-9(7,8)6-4-2;1-3-5-7-6-4-2;1-4-6(3)5-2;1-3-5-4-2;1-3-7(5,6)4-2;1-3-5-4-2/h4-7H2,1-3H3;3-7H2,1-2H3;3-6H2,1-2H3;3-6H2,1-2H3;4-5H,1-2H2,3H3;3-4H,1-2,5H2;3-4H,1-2H2;3-4H,1-2H2. The summed E-state index contributed by atoms with van der Waals surface area (Å²) in [5.41, 5.74) is 0. The van der Waals surface area contributed by atoms with Crippen LogP contribution in [0, 0.1) is 0 Å². The maximum absolute atomic E-state index is 10.8. The van der Waals surface area contributed by atoms with Gasteiger partial charge in [-0.05, 0) is 99.8 Å². The molecule has 0 bridgehead atoms. The smallest absolute Gasteiger partial charge is 0.191 e. The van der Waals surface area contributed by atoms with Crippen LogP contribution in [0.4, 0.5) is 0 Å². The highest BCUT2D eigenvalue weighted by molar-refractivity contribution is 8.04. The van der Waals surface area contributed by atoms with Crippen molar-refractivity contribution in [1.29, 1.82) is 0 Å². The summed E-state index contributed by atoms with van der Waals surface area (Å²) >= 11 is 3.54. The fourth-order valence-corrected chi connectivity index (χ4v) is 5.50. The van der Waals surface area contributed by atoms with Crippen molar-refractivity contribution in [3.63, 3.8) is 0 Å². The second kappa shape index (κ2) is 66.1. The van der Waals surface area contributed by atoms with Crippen LogP contribution < -0.4 is 0 Å². The highest BCUT2D eigenvalue weighted by Gasteiger charge is 2.05. The van der Waals surface area contributed by atoms with E-state index in [0.29, 0.717) is 11.5 Å². The number of sulfone groups is 2. The summed E-state index contributed by atoms with van der Waals surface area (Å²) in [5, 5.41) is 5.15. The van der Waals surface area contributed by atoms with E-state index in [1.54, 1.807) is 28.1 Å². The molecule has 0 aliphatic rings. The zero-order valence-corrected chi connectivity index (χ0v) is 40.4. The average molecular weight is 839 g/mol. The second-order valence-electron chi connectivity index (χ2n) is 11.4. The van der Waals surface area contributed by atoms with E-state index in [1.165, 1.54) is 94.1 Å². The average Bonchev–Trinajstić information content (AvgIpc) is 3.14. The molecule has 6 nitrogen and oxygen atoms in total. The zero-order chi connectivity index (χ0) is 44.0. The van der Waals surface area contributed by atoms with Crippen molar-refractivity contribution in [3.05, 3.63) is 98.8 Å². The van der Waals surface area contributed by atoms with Crippen LogP contribution in [0.15, 0.2) is 98.8 Å². The summed E-state index contributed by atoms with van der Waals surface area (Å²) in [6.45, 7) is 46.5. The first kappa shape index (κ1) is 70.1. The number of allylic oxidation sites excluding steroid dienone is 2. The maximum atomic E-state index is 10.8. The Morgan fingerprint density at radius 3 is 1.04 bits per heavy atom. The SMILES string of the molecule is C=CCC=C.C=CN(C)C=C.C=CS(=O)(=O)C=C.C=CSC=C.CCCCCCC.CCCN(C)CCC.CCCS(=O)(=O)CCC.CCCSCCC. The van der Waals surface area contributed by atoms with Crippen LogP contribution >= 0.6 is 23.5 Å². The van der Waals surface area contributed by atoms with E-state index in [-0.39, 0.29) is 0 Å². The predicted octanol–water partition coefficient (Wildman–Crippen LogP) is 14.1. The Labute approximate surface area is 349 Å². The number of rotatable bonds is 24. The molecule has 0 unspecified atom stereocenters. The third kappa shape index (κ3) is 104. The lowest BCUT2D eigenvalue weighted by atomic mass is 10.2. The van der Waals surface area contributed by atoms with E-state index in [0.717, 1.165) is 30.1 Å². The van der Waals surface area contributed by atoms with Gasteiger partial charge in [-0.3, -0.25) is 0 Å². The lowest BCUT2D eigenvalue weighted by molar-refractivity contribution is 0.335. The van der Waals surface area contributed by atoms with Gasteiger partial charge in [0.1, 0.15) is 9.84 Å². The van der Waals surface area contributed by atoms with Gasteiger partial charge in [0.05, 0.1) is 0 Å². The van der Waals surface area contributed by atoms with Crippen molar-refractivity contribution in [2.24, 2.45) is 0 Å². The Morgan fingerprint density at radius 1 is 0.519 bits per heavy atom. The first-order valence-electron chi connectivity index (χ1n) is 19.5. The molecule has 0 rings (SSSR count). The van der Waals surface area contributed by atoms with Gasteiger partial charge in [0.15, 0.2) is 9.84 Å². The van der Waals surface area contributed by atoms with Crippen LogP contribution in [-0.2, 0) is 19.7 Å². The molecule has 0 aromatic heterocycles. The number of unbranched alkanes of at least 4 members (excludes halogenated alkanes) is 4. The summed E-state index contributed by atoms with van der Waals surface area (Å²) in [6.07, 6.45) is 21.6. The topological polar surface area (TPSA) is 74.8 Å². The highest BCUT2D eigenvalue weighted by atomic mass is 32.2. The Bertz CT molecular complexity index is 912. The molecule has 0 saturated carbocycles. The van der Waals surface area contributed by atoms with E-state index in [2.05, 4.69) is 118 Å². The van der Waals surface area contributed by atoms with Crippen LogP contribution in [0.2, 0.25) is 0 Å². The van der Waals surface area contributed by atoms with Crippen LogP contribution in [0.25, 0.3) is 0 Å². The van der Waals surface area contributed by atoms with Crippen molar-refractivity contribution in [3.8, 4) is 0 Å². The van der Waals surface area contributed by atoms with Gasteiger partial charge in [-0.15, -0.1) is 24.9 Å². The number of thioether (sulfide) groups is 2. The summed E-state index contributed by atoms with van der Waals surface area (Å²) in [7, 11) is -1.76. The Kier molecular flexibility index (Phi) is 85.9. The fraction of sp³-hybridized carbons (Fsp3) is 0.636. The van der Waals surface area contributed by atoms with E-state index in [4.69, 9.17) is 0 Å². The summed E-state index contributed by atoms with van der Waals surface area (Å²) < 4.78 is 41.9. The molecule has 324 valence electrons. The van der Waals surface area contributed by atoms with E-state index >= 15 is 0 Å². The minimum atomic E-state index is -3.13. The van der Waals surface area contributed by atoms with E-state index < -0.39 is 19.7 Å². The lowest BCUT2D eigenvalue weighted by Crippen LogP contribution is -2.19. The minimum absolute atomic E-state index is 0.348. The summed E-state index contributed by atoms with van der Waals surface area (Å²) in [5.74, 6) is 3.38.